The summed E-state index contributed by atoms with van der Waals surface area (Å²) in [4.78, 5) is 8.38. The van der Waals surface area contributed by atoms with Gasteiger partial charge in [0.25, 0.3) is 0 Å². The molecule has 94 valence electrons. The van der Waals surface area contributed by atoms with Crippen molar-refractivity contribution in [1.29, 1.82) is 0 Å². The highest BCUT2D eigenvalue weighted by Crippen LogP contribution is 2.33. The van der Waals surface area contributed by atoms with E-state index in [9.17, 15) is 5.11 Å². The molecule has 0 bridgehead atoms. The van der Waals surface area contributed by atoms with Gasteiger partial charge in [-0.25, -0.2) is 9.97 Å². The molecule has 0 saturated carbocycles. The van der Waals surface area contributed by atoms with E-state index >= 15 is 0 Å². The van der Waals surface area contributed by atoms with Crippen molar-refractivity contribution in [2.24, 2.45) is 0 Å². The lowest BCUT2D eigenvalue weighted by Crippen LogP contribution is -1.98. The molecule has 3 aromatic rings. The van der Waals surface area contributed by atoms with Crippen LogP contribution in [0.5, 0.6) is 5.75 Å². The lowest BCUT2D eigenvalue weighted by Gasteiger charge is -2.08. The second-order valence-corrected chi connectivity index (χ2v) is 4.55. The molecule has 1 aromatic heterocycles. The van der Waals surface area contributed by atoms with Crippen LogP contribution in [0.15, 0.2) is 42.5 Å². The number of nitrogens with zero attached hydrogens (tertiary/aromatic N) is 2. The van der Waals surface area contributed by atoms with Crippen LogP contribution in [-0.2, 0) is 0 Å². The molecule has 4 nitrogen and oxygen atoms in total. The number of anilines is 1. The van der Waals surface area contributed by atoms with Gasteiger partial charge in [0.2, 0.25) is 5.95 Å². The van der Waals surface area contributed by atoms with Gasteiger partial charge < -0.3 is 10.8 Å². The van der Waals surface area contributed by atoms with Crippen molar-refractivity contribution in [3.63, 3.8) is 0 Å². The van der Waals surface area contributed by atoms with Gasteiger partial charge in [-0.2, -0.15) is 0 Å². The van der Waals surface area contributed by atoms with Gasteiger partial charge in [0.1, 0.15) is 5.75 Å². The van der Waals surface area contributed by atoms with Crippen LogP contribution in [0.4, 0.5) is 5.95 Å². The molecular weight excluding hydrogens is 262 g/mol. The SMILES string of the molecule is Nc1nc(-c2ccccc2O)c2cc(Cl)ccc2n1. The predicted molar refractivity (Wildman–Crippen MR) is 76.1 cm³/mol. The number of nitrogens with two attached hydrogens (primary N) is 1. The summed E-state index contributed by atoms with van der Waals surface area (Å²) in [6, 6.07) is 12.2. The summed E-state index contributed by atoms with van der Waals surface area (Å²) in [5.41, 5.74) is 7.58. The molecule has 0 radical (unpaired) electrons. The number of rotatable bonds is 1. The molecule has 0 saturated heterocycles. The van der Waals surface area contributed by atoms with E-state index in [-0.39, 0.29) is 11.7 Å². The maximum Gasteiger partial charge on any atom is 0.221 e. The fourth-order valence-electron chi connectivity index (χ4n) is 2.00. The lowest BCUT2D eigenvalue weighted by molar-refractivity contribution is 0.477. The van der Waals surface area contributed by atoms with Crippen molar-refractivity contribution in [2.75, 3.05) is 5.73 Å². The Balaban J connectivity index is 2.40. The van der Waals surface area contributed by atoms with E-state index in [4.69, 9.17) is 17.3 Å². The fraction of sp³-hybridized carbons (Fsp3) is 0. The largest absolute Gasteiger partial charge is 0.507 e. The van der Waals surface area contributed by atoms with Gasteiger partial charge in [-0.1, -0.05) is 23.7 Å². The van der Waals surface area contributed by atoms with Gasteiger partial charge in [0, 0.05) is 16.0 Å². The van der Waals surface area contributed by atoms with Gasteiger partial charge >= 0.3 is 0 Å². The van der Waals surface area contributed by atoms with E-state index in [1.807, 2.05) is 6.07 Å². The van der Waals surface area contributed by atoms with Crippen molar-refractivity contribution in [3.8, 4) is 17.0 Å². The molecule has 0 atom stereocenters. The summed E-state index contributed by atoms with van der Waals surface area (Å²) in [6.45, 7) is 0. The van der Waals surface area contributed by atoms with Crippen LogP contribution < -0.4 is 5.73 Å². The van der Waals surface area contributed by atoms with Crippen LogP contribution in [0.2, 0.25) is 5.02 Å². The number of aromatic hydroxyl groups is 1. The highest BCUT2D eigenvalue weighted by molar-refractivity contribution is 6.31. The van der Waals surface area contributed by atoms with Crippen LogP contribution in [0, 0.1) is 0 Å². The van der Waals surface area contributed by atoms with Crippen LogP contribution in [0.3, 0.4) is 0 Å². The molecule has 0 aliphatic carbocycles. The molecule has 0 unspecified atom stereocenters. The molecule has 3 N–H and O–H groups in total. The zero-order valence-electron chi connectivity index (χ0n) is 9.84. The Morgan fingerprint density at radius 3 is 2.63 bits per heavy atom. The highest BCUT2D eigenvalue weighted by atomic mass is 35.5. The van der Waals surface area contributed by atoms with Crippen LogP contribution in [0.25, 0.3) is 22.2 Å². The maximum absolute atomic E-state index is 9.95. The molecule has 0 fully saturated rings. The van der Waals surface area contributed by atoms with E-state index in [1.165, 1.54) is 0 Å². The number of aromatic nitrogens is 2. The van der Waals surface area contributed by atoms with Gasteiger partial charge in [0.05, 0.1) is 11.2 Å². The van der Waals surface area contributed by atoms with Crippen molar-refractivity contribution in [3.05, 3.63) is 47.5 Å². The third-order valence-corrected chi connectivity index (χ3v) is 3.07. The van der Waals surface area contributed by atoms with Crippen LogP contribution in [-0.4, -0.2) is 15.1 Å². The number of nitrogen functional groups attached to an aromatic ring is 1. The zero-order valence-corrected chi connectivity index (χ0v) is 10.6. The second kappa shape index (κ2) is 4.40. The van der Waals surface area contributed by atoms with E-state index in [1.54, 1.807) is 36.4 Å². The lowest BCUT2D eigenvalue weighted by atomic mass is 10.1. The average Bonchev–Trinajstić information content (AvgIpc) is 2.39. The van der Waals surface area contributed by atoms with Gasteiger partial charge in [-0.05, 0) is 30.3 Å². The summed E-state index contributed by atoms with van der Waals surface area (Å²) in [6.07, 6.45) is 0. The summed E-state index contributed by atoms with van der Waals surface area (Å²) in [5, 5.41) is 11.3. The molecular formula is C14H10ClN3O. The van der Waals surface area contributed by atoms with E-state index in [2.05, 4.69) is 9.97 Å². The molecule has 0 aliphatic rings. The second-order valence-electron chi connectivity index (χ2n) is 4.11. The zero-order chi connectivity index (χ0) is 13.4. The molecule has 19 heavy (non-hydrogen) atoms. The molecule has 5 heteroatoms. The van der Waals surface area contributed by atoms with Crippen molar-refractivity contribution in [1.82, 2.24) is 9.97 Å². The number of phenolic OH excluding ortho intramolecular Hbond substituents is 1. The minimum atomic E-state index is 0.141. The topological polar surface area (TPSA) is 72.0 Å². The van der Waals surface area contributed by atoms with E-state index in [0.717, 1.165) is 5.39 Å². The normalized spacial score (nSPS) is 10.8. The van der Waals surface area contributed by atoms with E-state index in [0.29, 0.717) is 21.8 Å². The van der Waals surface area contributed by atoms with Gasteiger partial charge in [-0.15, -0.1) is 0 Å². The summed E-state index contributed by atoms with van der Waals surface area (Å²) < 4.78 is 0. The highest BCUT2D eigenvalue weighted by Gasteiger charge is 2.12. The quantitative estimate of drug-likeness (QED) is 0.713. The minimum Gasteiger partial charge on any atom is -0.507 e. The van der Waals surface area contributed by atoms with Crippen molar-refractivity contribution >= 4 is 28.5 Å². The number of hydrogen-bond donors (Lipinski definition) is 2. The Morgan fingerprint density at radius 1 is 1.05 bits per heavy atom. The van der Waals surface area contributed by atoms with Gasteiger partial charge in [0.15, 0.2) is 0 Å². The Morgan fingerprint density at radius 2 is 1.84 bits per heavy atom. The van der Waals surface area contributed by atoms with E-state index < -0.39 is 0 Å². The maximum atomic E-state index is 9.95. The molecule has 2 aromatic carbocycles. The molecule has 0 spiro atoms. The minimum absolute atomic E-state index is 0.141. The molecule has 0 aliphatic heterocycles. The monoisotopic (exact) mass is 271 g/mol. The van der Waals surface area contributed by atoms with Crippen LogP contribution in [0.1, 0.15) is 0 Å². The number of para-hydroxylation sites is 1. The van der Waals surface area contributed by atoms with Crippen LogP contribution >= 0.6 is 11.6 Å². The first-order valence-electron chi connectivity index (χ1n) is 5.66. The number of phenols is 1. The molecule has 0 amide bonds. The van der Waals surface area contributed by atoms with Crippen molar-refractivity contribution in [2.45, 2.75) is 0 Å². The first-order valence-corrected chi connectivity index (χ1v) is 6.04. The number of hydrogen-bond acceptors (Lipinski definition) is 4. The standard InChI is InChI=1S/C14H10ClN3O/c15-8-5-6-11-10(7-8)13(18-14(16)17-11)9-3-1-2-4-12(9)19/h1-7,19H,(H2,16,17,18). The molecule has 1 heterocycles. The number of fused-ring (bicyclic) bond motifs is 1. The number of halogens is 1. The Hall–Kier alpha value is -2.33. The first kappa shape index (κ1) is 11.7. The Labute approximate surface area is 114 Å². The third kappa shape index (κ3) is 2.06. The number of benzene rings is 2. The Bertz CT molecular complexity index is 774. The smallest absolute Gasteiger partial charge is 0.221 e. The molecule has 3 rings (SSSR count). The predicted octanol–water partition coefficient (Wildman–Crippen LogP) is 3.24. The first-order chi connectivity index (χ1) is 9.15. The third-order valence-electron chi connectivity index (χ3n) is 2.83. The Kier molecular flexibility index (Phi) is 2.72. The van der Waals surface area contributed by atoms with Gasteiger partial charge in [-0.3, -0.25) is 0 Å². The fourth-order valence-corrected chi connectivity index (χ4v) is 2.17. The summed E-state index contributed by atoms with van der Waals surface area (Å²) in [5.74, 6) is 0.301. The van der Waals surface area contributed by atoms with Crippen molar-refractivity contribution < 1.29 is 5.11 Å². The average molecular weight is 272 g/mol. The summed E-state index contributed by atoms with van der Waals surface area (Å²) in [7, 11) is 0. The summed E-state index contributed by atoms with van der Waals surface area (Å²) >= 11 is 6.01.